The molecule has 0 aromatic carbocycles. The van der Waals surface area contributed by atoms with Crippen LogP contribution in [0.15, 0.2) is 0 Å². The van der Waals surface area contributed by atoms with Gasteiger partial charge in [-0.1, -0.05) is 19.8 Å². The fourth-order valence-corrected chi connectivity index (χ4v) is 2.21. The van der Waals surface area contributed by atoms with Crippen molar-refractivity contribution in [1.82, 2.24) is 10.2 Å². The van der Waals surface area contributed by atoms with Crippen molar-refractivity contribution in [2.75, 3.05) is 13.1 Å². The molecule has 1 rings (SSSR count). The Bertz CT molecular complexity index is 357. The molecule has 1 unspecified atom stereocenters. The van der Waals surface area contributed by atoms with Gasteiger partial charge in [0, 0.05) is 19.5 Å². The molecule has 0 aromatic heterocycles. The van der Waals surface area contributed by atoms with Crippen molar-refractivity contribution in [3.05, 3.63) is 0 Å². The van der Waals surface area contributed by atoms with E-state index < -0.39 is 17.9 Å². The Kier molecular flexibility index (Phi) is 5.79. The number of hydrogen-bond acceptors (Lipinski definition) is 3. The van der Waals surface area contributed by atoms with E-state index in [1.165, 1.54) is 0 Å². The van der Waals surface area contributed by atoms with Crippen molar-refractivity contribution in [1.29, 1.82) is 0 Å². The number of rotatable bonds is 7. The van der Waals surface area contributed by atoms with Gasteiger partial charge in [-0.15, -0.1) is 0 Å². The van der Waals surface area contributed by atoms with E-state index in [1.807, 2.05) is 13.8 Å². The smallest absolute Gasteiger partial charge is 0.326 e. The average Bonchev–Trinajstić information content (AvgIpc) is 2.75. The highest BCUT2D eigenvalue weighted by Crippen LogP contribution is 2.18. The van der Waals surface area contributed by atoms with E-state index in [2.05, 4.69) is 5.32 Å². The predicted octanol–water partition coefficient (Wildman–Crippen LogP) is 0.614. The summed E-state index contributed by atoms with van der Waals surface area (Å²) in [6, 6.07) is -0.849. The summed E-state index contributed by atoms with van der Waals surface area (Å²) in [6.07, 6.45) is 2.24. The SMILES string of the molecule is CCCC[C@H](NC(=O)C1CC(=O)N(CC)C1)C(=O)O. The van der Waals surface area contributed by atoms with E-state index >= 15 is 0 Å². The highest BCUT2D eigenvalue weighted by molar-refractivity contribution is 5.91. The Hall–Kier alpha value is -1.59. The molecular formula is C13H22N2O4. The maximum absolute atomic E-state index is 12.0. The number of unbranched alkanes of at least 4 members (excludes halogenated alkanes) is 1. The zero-order valence-electron chi connectivity index (χ0n) is 11.5. The molecule has 2 atom stereocenters. The van der Waals surface area contributed by atoms with Gasteiger partial charge in [0.25, 0.3) is 0 Å². The minimum absolute atomic E-state index is 0.0388. The number of nitrogens with zero attached hydrogens (tertiary/aromatic N) is 1. The van der Waals surface area contributed by atoms with E-state index in [4.69, 9.17) is 5.11 Å². The topological polar surface area (TPSA) is 86.7 Å². The molecule has 2 N–H and O–H groups in total. The summed E-state index contributed by atoms with van der Waals surface area (Å²) in [7, 11) is 0. The van der Waals surface area contributed by atoms with Crippen LogP contribution in [0.5, 0.6) is 0 Å². The largest absolute Gasteiger partial charge is 0.480 e. The summed E-state index contributed by atoms with van der Waals surface area (Å²) in [6.45, 7) is 4.80. The lowest BCUT2D eigenvalue weighted by molar-refractivity contribution is -0.142. The van der Waals surface area contributed by atoms with Gasteiger partial charge in [0.2, 0.25) is 11.8 Å². The summed E-state index contributed by atoms with van der Waals surface area (Å²) < 4.78 is 0. The molecule has 2 amide bonds. The van der Waals surface area contributed by atoms with E-state index in [9.17, 15) is 14.4 Å². The van der Waals surface area contributed by atoms with Crippen LogP contribution in [-0.2, 0) is 14.4 Å². The third-order valence-electron chi connectivity index (χ3n) is 3.43. The number of nitrogens with one attached hydrogen (secondary N) is 1. The highest BCUT2D eigenvalue weighted by Gasteiger charge is 2.34. The fourth-order valence-electron chi connectivity index (χ4n) is 2.21. The minimum Gasteiger partial charge on any atom is -0.480 e. The van der Waals surface area contributed by atoms with Gasteiger partial charge in [-0.25, -0.2) is 4.79 Å². The first kappa shape index (κ1) is 15.5. The summed E-state index contributed by atoms with van der Waals surface area (Å²) in [4.78, 5) is 36.2. The van der Waals surface area contributed by atoms with Crippen LogP contribution in [0.25, 0.3) is 0 Å². The third-order valence-corrected chi connectivity index (χ3v) is 3.43. The lowest BCUT2D eigenvalue weighted by Gasteiger charge is -2.17. The lowest BCUT2D eigenvalue weighted by Crippen LogP contribution is -2.44. The third kappa shape index (κ3) is 4.22. The van der Waals surface area contributed by atoms with Gasteiger partial charge >= 0.3 is 5.97 Å². The molecular weight excluding hydrogens is 248 g/mol. The van der Waals surface area contributed by atoms with Crippen molar-refractivity contribution in [3.63, 3.8) is 0 Å². The standard InChI is InChI=1S/C13H22N2O4/c1-3-5-6-10(13(18)19)14-12(17)9-7-11(16)15(4-2)8-9/h9-10H,3-8H2,1-2H3,(H,14,17)(H,18,19)/t9?,10-/m0/s1. The molecule has 0 aliphatic carbocycles. The second-order valence-electron chi connectivity index (χ2n) is 4.88. The van der Waals surface area contributed by atoms with Crippen LogP contribution >= 0.6 is 0 Å². The van der Waals surface area contributed by atoms with E-state index in [-0.39, 0.29) is 18.2 Å². The normalized spacial score (nSPS) is 20.4. The minimum atomic E-state index is -1.02. The molecule has 0 bridgehead atoms. The zero-order valence-corrected chi connectivity index (χ0v) is 11.5. The Labute approximate surface area is 113 Å². The number of aliphatic carboxylic acids is 1. The highest BCUT2D eigenvalue weighted by atomic mass is 16.4. The summed E-state index contributed by atoms with van der Waals surface area (Å²) in [5.74, 6) is -1.80. The van der Waals surface area contributed by atoms with Crippen molar-refractivity contribution in [3.8, 4) is 0 Å². The number of hydrogen-bond donors (Lipinski definition) is 2. The molecule has 1 heterocycles. The van der Waals surface area contributed by atoms with Crippen molar-refractivity contribution in [2.24, 2.45) is 5.92 Å². The number of carbonyl (C=O) groups is 3. The first-order valence-corrected chi connectivity index (χ1v) is 6.80. The Balaban J connectivity index is 2.53. The van der Waals surface area contributed by atoms with Gasteiger partial charge in [-0.2, -0.15) is 0 Å². The summed E-state index contributed by atoms with van der Waals surface area (Å²) in [5, 5.41) is 11.6. The fraction of sp³-hybridized carbons (Fsp3) is 0.769. The molecule has 1 saturated heterocycles. The Morgan fingerprint density at radius 1 is 1.47 bits per heavy atom. The monoisotopic (exact) mass is 270 g/mol. The van der Waals surface area contributed by atoms with Crippen LogP contribution in [0.3, 0.4) is 0 Å². The molecule has 1 aliphatic rings. The van der Waals surface area contributed by atoms with Gasteiger partial charge < -0.3 is 15.3 Å². The molecule has 0 saturated carbocycles. The van der Waals surface area contributed by atoms with E-state index in [1.54, 1.807) is 4.90 Å². The maximum atomic E-state index is 12.0. The number of carboxylic acids is 1. The van der Waals surface area contributed by atoms with Gasteiger partial charge in [-0.05, 0) is 13.3 Å². The van der Waals surface area contributed by atoms with Gasteiger partial charge in [-0.3, -0.25) is 9.59 Å². The lowest BCUT2D eigenvalue weighted by atomic mass is 10.1. The number of carboxylic acid groups (broad SMARTS) is 1. The molecule has 19 heavy (non-hydrogen) atoms. The molecule has 6 heteroatoms. The predicted molar refractivity (Wildman–Crippen MR) is 69.5 cm³/mol. The van der Waals surface area contributed by atoms with Crippen molar-refractivity contribution >= 4 is 17.8 Å². The first-order valence-electron chi connectivity index (χ1n) is 6.80. The van der Waals surface area contributed by atoms with Crippen LogP contribution in [-0.4, -0.2) is 46.9 Å². The van der Waals surface area contributed by atoms with Crippen LogP contribution in [0.2, 0.25) is 0 Å². The Morgan fingerprint density at radius 3 is 2.63 bits per heavy atom. The second-order valence-corrected chi connectivity index (χ2v) is 4.88. The summed E-state index contributed by atoms with van der Waals surface area (Å²) in [5.41, 5.74) is 0. The second kappa shape index (κ2) is 7.11. The maximum Gasteiger partial charge on any atom is 0.326 e. The van der Waals surface area contributed by atoms with E-state index in [0.717, 1.165) is 12.8 Å². The van der Waals surface area contributed by atoms with Gasteiger partial charge in [0.05, 0.1) is 5.92 Å². The van der Waals surface area contributed by atoms with Crippen LogP contribution < -0.4 is 5.32 Å². The van der Waals surface area contributed by atoms with Gasteiger partial charge in [0.15, 0.2) is 0 Å². The Morgan fingerprint density at radius 2 is 2.16 bits per heavy atom. The van der Waals surface area contributed by atoms with Crippen LogP contribution in [0.4, 0.5) is 0 Å². The first-order chi connectivity index (χ1) is 8.99. The molecule has 108 valence electrons. The van der Waals surface area contributed by atoms with Gasteiger partial charge in [0.1, 0.15) is 6.04 Å². The quantitative estimate of drug-likeness (QED) is 0.710. The summed E-state index contributed by atoms with van der Waals surface area (Å²) >= 11 is 0. The van der Waals surface area contributed by atoms with Crippen molar-refractivity contribution in [2.45, 2.75) is 45.6 Å². The molecule has 0 radical (unpaired) electrons. The molecule has 6 nitrogen and oxygen atoms in total. The number of amides is 2. The number of carbonyl (C=O) groups excluding carboxylic acids is 2. The van der Waals surface area contributed by atoms with Crippen LogP contribution in [0, 0.1) is 5.92 Å². The molecule has 1 fully saturated rings. The van der Waals surface area contributed by atoms with Crippen molar-refractivity contribution < 1.29 is 19.5 Å². The number of likely N-dealkylation sites (tertiary alicyclic amines) is 1. The average molecular weight is 270 g/mol. The van der Waals surface area contributed by atoms with E-state index in [0.29, 0.717) is 19.5 Å². The van der Waals surface area contributed by atoms with Crippen LogP contribution in [0.1, 0.15) is 39.5 Å². The zero-order chi connectivity index (χ0) is 14.4. The molecule has 1 aliphatic heterocycles. The molecule has 0 aromatic rings. The molecule has 0 spiro atoms.